The highest BCUT2D eigenvalue weighted by Gasteiger charge is 2.77. The number of rotatable bonds is 15. The Labute approximate surface area is 473 Å². The minimum absolute atomic E-state index is 0.206. The summed E-state index contributed by atoms with van der Waals surface area (Å²) in [5, 5.41) is 2.18. The van der Waals surface area contributed by atoms with Crippen LogP contribution in [-0.2, 0) is 48.9 Å². The van der Waals surface area contributed by atoms with Crippen LogP contribution >= 0.6 is 136 Å². The van der Waals surface area contributed by atoms with E-state index in [1.54, 1.807) is 0 Å². The summed E-state index contributed by atoms with van der Waals surface area (Å²) in [5.74, 6) is -15.8. The van der Waals surface area contributed by atoms with Gasteiger partial charge < -0.3 is 29.5 Å². The van der Waals surface area contributed by atoms with E-state index >= 15 is 0 Å². The molecule has 0 aromatic heterocycles. The summed E-state index contributed by atoms with van der Waals surface area (Å²) in [5.41, 5.74) is -16.3. The fourth-order valence-corrected chi connectivity index (χ4v) is 17.0. The molecule has 4 amide bonds. The molecule has 2 aromatic rings. The van der Waals surface area contributed by atoms with E-state index in [2.05, 4.69) is 14.8 Å². The number of hydrogen-bond acceptors (Lipinski definition) is 12. The number of halogens is 18. The predicted molar refractivity (Wildman–Crippen MR) is 272 cm³/mol. The number of alkyl halides is 12. The van der Waals surface area contributed by atoms with Crippen LogP contribution in [0.4, 0.5) is 75.4 Å². The fourth-order valence-electron chi connectivity index (χ4n) is 5.54. The third-order valence-electron chi connectivity index (χ3n) is 9.26. The van der Waals surface area contributed by atoms with Crippen molar-refractivity contribution >= 4 is 214 Å². The summed E-state index contributed by atoms with van der Waals surface area (Å²) < 4.78 is 239. The maximum Gasteiger partial charge on any atom is 0.438 e. The van der Waals surface area contributed by atoms with Crippen molar-refractivity contribution in [3.63, 3.8) is 0 Å². The van der Waals surface area contributed by atoms with E-state index in [1.807, 2.05) is 0 Å². The van der Waals surface area contributed by atoms with Crippen molar-refractivity contribution in [1.82, 2.24) is 0 Å². The van der Waals surface area contributed by atoms with Crippen LogP contribution in [0.15, 0.2) is 0 Å². The Morgan fingerprint density at radius 2 is 0.803 bits per heavy atom. The monoisotopic (exact) mass is 1760 g/mol. The van der Waals surface area contributed by atoms with Crippen molar-refractivity contribution in [1.29, 1.82) is 0 Å². The van der Waals surface area contributed by atoms with Crippen molar-refractivity contribution < 1.29 is 117 Å². The minimum atomic E-state index is -6.77. The van der Waals surface area contributed by atoms with Crippen LogP contribution < -0.4 is 20.0 Å². The van der Waals surface area contributed by atoms with Crippen LogP contribution in [0.2, 0.25) is 0 Å². The Hall–Kier alpha value is -1.38. The Kier molecular flexibility index (Phi) is 21.4. The lowest BCUT2D eigenvalue weighted by Crippen LogP contribution is -2.63. The second kappa shape index (κ2) is 23.1. The van der Waals surface area contributed by atoms with E-state index in [4.69, 9.17) is 9.11 Å². The first-order valence-corrected chi connectivity index (χ1v) is 27.3. The number of nitrogens with zero attached hydrogens (tertiary/aromatic N) is 3. The molecular formula is C33H26F12I6N4O14S2. The van der Waals surface area contributed by atoms with Gasteiger partial charge in [-0.3, -0.25) is 28.3 Å². The third kappa shape index (κ3) is 14.4. The van der Waals surface area contributed by atoms with E-state index in [-0.39, 0.29) is 7.14 Å². The second-order valence-corrected chi connectivity index (χ2v) is 23.5. The number of nitrogens with one attached hydrogen (secondary N) is 1. The minimum Gasteiger partial charge on any atom is -0.435 e. The van der Waals surface area contributed by atoms with Gasteiger partial charge in [0.25, 0.3) is 20.2 Å². The summed E-state index contributed by atoms with van der Waals surface area (Å²) in [4.78, 5) is 81.4. The Morgan fingerprint density at radius 1 is 0.507 bits per heavy atom. The summed E-state index contributed by atoms with van der Waals surface area (Å²) in [6, 6.07) is 0. The smallest absolute Gasteiger partial charge is 0.435 e. The molecule has 0 atom stereocenters. The van der Waals surface area contributed by atoms with Crippen LogP contribution in [0.5, 0.6) is 0 Å². The third-order valence-corrected chi connectivity index (χ3v) is 17.1. The Balaban J connectivity index is 2.83. The van der Waals surface area contributed by atoms with Gasteiger partial charge in [0.2, 0.25) is 23.6 Å². The van der Waals surface area contributed by atoms with E-state index in [9.17, 15) is 98.3 Å². The topological polar surface area (TPSA) is 251 Å². The van der Waals surface area contributed by atoms with Crippen molar-refractivity contribution in [2.24, 2.45) is 0 Å². The van der Waals surface area contributed by atoms with Crippen molar-refractivity contribution in [3.05, 3.63) is 32.5 Å². The number of amides is 4. The molecule has 0 heterocycles. The fraction of sp³-hybridized carbons (Fsp3) is 0.455. The Morgan fingerprint density at radius 3 is 1.10 bits per heavy atom. The molecule has 0 unspecified atom stereocenters. The molecule has 0 radical (unpaired) electrons. The second-order valence-electron chi connectivity index (χ2n) is 14.1. The molecule has 0 aliphatic heterocycles. The van der Waals surface area contributed by atoms with Gasteiger partial charge in [0.1, 0.15) is 11.5 Å². The molecule has 3 N–H and O–H groups in total. The highest BCUT2D eigenvalue weighted by Crippen LogP contribution is 2.51. The lowest BCUT2D eigenvalue weighted by molar-refractivity contribution is -0.356. The van der Waals surface area contributed by atoms with Gasteiger partial charge in [-0.2, -0.15) is 69.5 Å². The van der Waals surface area contributed by atoms with Crippen molar-refractivity contribution in [2.45, 2.75) is 62.6 Å². The first kappa shape index (κ1) is 65.7. The van der Waals surface area contributed by atoms with Crippen molar-refractivity contribution in [2.75, 3.05) is 52.7 Å². The highest BCUT2D eigenvalue weighted by molar-refractivity contribution is 14.1. The van der Waals surface area contributed by atoms with E-state index in [1.165, 1.54) is 113 Å². The SMILES string of the molecule is CC(=O)N(C)c1c(I)c(NC(=O)CCC(=O)N(C)c2c(I)c(C(=O)OC(CS(=O)(=O)O)(C(F)(F)F)C(F)(F)F)c(I)c(N(C)C(C)=O)c2I)c(I)c(C(=O)OC(CS(=O)(=O)O)(C(F)(F)F)C(F)(F)F)c1I. The number of carbonyl (C=O) groups excluding carboxylic acids is 6. The average molecular weight is 1760 g/mol. The largest absolute Gasteiger partial charge is 0.438 e. The average Bonchev–Trinajstić information content (AvgIpc) is 3.14. The zero-order valence-electron chi connectivity index (χ0n) is 35.1. The number of ether oxygens (including phenoxy) is 2. The first-order chi connectivity index (χ1) is 31.6. The summed E-state index contributed by atoms with van der Waals surface area (Å²) >= 11 is 7.74. The highest BCUT2D eigenvalue weighted by atomic mass is 127. The van der Waals surface area contributed by atoms with Gasteiger partial charge in [-0.25, -0.2) is 9.59 Å². The number of hydrogen-bond donors (Lipinski definition) is 3. The van der Waals surface area contributed by atoms with Gasteiger partial charge in [-0.15, -0.1) is 0 Å². The summed E-state index contributed by atoms with van der Waals surface area (Å²) in [6.45, 7) is 1.84. The van der Waals surface area contributed by atoms with Crippen LogP contribution in [0.25, 0.3) is 0 Å². The molecular weight excluding hydrogens is 1730 g/mol. The lowest BCUT2D eigenvalue weighted by atomic mass is 10.0. The quantitative estimate of drug-likeness (QED) is 0.0655. The summed E-state index contributed by atoms with van der Waals surface area (Å²) in [6.07, 6.45) is -29.0. The molecule has 2 rings (SSSR count). The molecule has 38 heteroatoms. The molecule has 71 heavy (non-hydrogen) atoms. The zero-order valence-corrected chi connectivity index (χ0v) is 49.7. The number of anilines is 4. The predicted octanol–water partition coefficient (Wildman–Crippen LogP) is 8.48. The van der Waals surface area contributed by atoms with Gasteiger partial charge in [0.15, 0.2) is 0 Å². The maximum atomic E-state index is 14.2. The van der Waals surface area contributed by atoms with Gasteiger partial charge in [-0.1, -0.05) is 0 Å². The molecule has 0 aliphatic rings. The van der Waals surface area contributed by atoms with Crippen LogP contribution in [0.1, 0.15) is 47.4 Å². The molecule has 0 fully saturated rings. The standard InChI is InChI=1S/C33H26F12I6N4O14S2/c1-10(56)53(3)23-17(47)14(26(60)68-28(30(34,35)36,31(37,38)39)8-70(62,63)64)16(46)22(20(23)50)52-12(58)6-7-13(59)55(5)25-19(49)15(18(48)24(21(25)51)54(4)11(2)57)27(61)69-29(32(40,41)42,33(43,44)45)9-71(65,66)67/h6-9H2,1-5H3,(H,52,58)(H,62,63,64)(H,65,66,67). The molecule has 400 valence electrons. The van der Waals surface area contributed by atoms with Gasteiger partial charge in [0.05, 0.1) is 55.3 Å². The van der Waals surface area contributed by atoms with E-state index < -0.39 is 164 Å². The van der Waals surface area contributed by atoms with E-state index in [0.717, 1.165) is 67.4 Å². The van der Waals surface area contributed by atoms with Gasteiger partial charge in [-0.05, 0) is 136 Å². The Bertz CT molecular complexity index is 2750. The molecule has 2 aromatic carbocycles. The van der Waals surface area contributed by atoms with Crippen LogP contribution in [-0.4, -0.2) is 130 Å². The number of benzene rings is 2. The molecule has 0 saturated heterocycles. The van der Waals surface area contributed by atoms with Crippen LogP contribution in [0.3, 0.4) is 0 Å². The van der Waals surface area contributed by atoms with Crippen LogP contribution in [0, 0.1) is 21.4 Å². The van der Waals surface area contributed by atoms with E-state index in [0.29, 0.717) is 4.90 Å². The van der Waals surface area contributed by atoms with Gasteiger partial charge >= 0.3 is 47.8 Å². The molecule has 0 bridgehead atoms. The number of carbonyl (C=O) groups is 6. The molecule has 18 nitrogen and oxygen atoms in total. The normalized spacial score (nSPS) is 13.1. The molecule has 0 aliphatic carbocycles. The van der Waals surface area contributed by atoms with Crippen molar-refractivity contribution in [3.8, 4) is 0 Å². The zero-order chi connectivity index (χ0) is 56.1. The maximum absolute atomic E-state index is 14.2. The van der Waals surface area contributed by atoms with Gasteiger partial charge in [0, 0.05) is 47.8 Å². The first-order valence-electron chi connectivity index (χ1n) is 17.6. The number of esters is 2. The molecule has 0 spiro atoms. The lowest BCUT2D eigenvalue weighted by Gasteiger charge is -2.36. The molecule has 0 saturated carbocycles. The summed E-state index contributed by atoms with van der Waals surface area (Å²) in [7, 11) is -9.55.